The van der Waals surface area contributed by atoms with E-state index < -0.39 is 0 Å². The standard InChI is InChI=1S/C15H22ClN3/c1-10(2)19-13(8-9-15(3,4)17)18-12-7-5-6-11(16)14(12)19/h5-7,10H,8-9,17H2,1-4H3. The molecule has 0 saturated heterocycles. The van der Waals surface area contributed by atoms with Gasteiger partial charge < -0.3 is 10.3 Å². The summed E-state index contributed by atoms with van der Waals surface area (Å²) >= 11 is 6.32. The van der Waals surface area contributed by atoms with Crippen LogP contribution in [0.4, 0.5) is 0 Å². The van der Waals surface area contributed by atoms with Crippen molar-refractivity contribution in [3.8, 4) is 0 Å². The molecule has 0 aliphatic carbocycles. The van der Waals surface area contributed by atoms with Crippen LogP contribution in [-0.4, -0.2) is 15.1 Å². The molecule has 0 aliphatic heterocycles. The SMILES string of the molecule is CC(C)n1c(CCC(C)(C)N)nc2cccc(Cl)c21. The summed E-state index contributed by atoms with van der Waals surface area (Å²) in [5.74, 6) is 1.07. The highest BCUT2D eigenvalue weighted by atomic mass is 35.5. The van der Waals surface area contributed by atoms with Crippen molar-refractivity contribution in [1.29, 1.82) is 0 Å². The van der Waals surface area contributed by atoms with E-state index in [0.29, 0.717) is 6.04 Å². The Balaban J connectivity index is 2.49. The van der Waals surface area contributed by atoms with E-state index in [1.165, 1.54) is 0 Å². The maximum absolute atomic E-state index is 6.32. The second-order valence-corrected chi connectivity index (χ2v) is 6.50. The third-order valence-electron chi connectivity index (χ3n) is 3.24. The van der Waals surface area contributed by atoms with E-state index in [1.54, 1.807) is 0 Å². The smallest absolute Gasteiger partial charge is 0.110 e. The molecule has 19 heavy (non-hydrogen) atoms. The summed E-state index contributed by atoms with van der Waals surface area (Å²) in [7, 11) is 0. The van der Waals surface area contributed by atoms with Crippen LogP contribution in [0.1, 0.15) is 46.0 Å². The third-order valence-corrected chi connectivity index (χ3v) is 3.55. The third kappa shape index (κ3) is 3.10. The van der Waals surface area contributed by atoms with Gasteiger partial charge in [0, 0.05) is 18.0 Å². The number of benzene rings is 1. The molecule has 1 aromatic heterocycles. The predicted octanol–water partition coefficient (Wildman–Crippen LogP) is 3.94. The van der Waals surface area contributed by atoms with Crippen LogP contribution in [0.15, 0.2) is 18.2 Å². The van der Waals surface area contributed by atoms with E-state index >= 15 is 0 Å². The summed E-state index contributed by atoms with van der Waals surface area (Å²) < 4.78 is 2.23. The van der Waals surface area contributed by atoms with E-state index in [9.17, 15) is 0 Å². The van der Waals surface area contributed by atoms with Crippen LogP contribution in [0.25, 0.3) is 11.0 Å². The molecule has 0 amide bonds. The molecule has 0 bridgehead atoms. The molecule has 0 saturated carbocycles. The zero-order chi connectivity index (χ0) is 14.2. The number of para-hydroxylation sites is 1. The number of nitrogens with zero attached hydrogens (tertiary/aromatic N) is 2. The lowest BCUT2D eigenvalue weighted by Gasteiger charge is -2.19. The Bertz CT molecular complexity index is 579. The lowest BCUT2D eigenvalue weighted by atomic mass is 10.00. The fourth-order valence-corrected chi connectivity index (χ4v) is 2.58. The number of imidazole rings is 1. The molecule has 1 heterocycles. The quantitative estimate of drug-likeness (QED) is 0.921. The van der Waals surface area contributed by atoms with Gasteiger partial charge in [0.1, 0.15) is 5.82 Å². The fraction of sp³-hybridized carbons (Fsp3) is 0.533. The van der Waals surface area contributed by atoms with Gasteiger partial charge in [-0.2, -0.15) is 0 Å². The highest BCUT2D eigenvalue weighted by Gasteiger charge is 2.18. The Morgan fingerprint density at radius 2 is 2.05 bits per heavy atom. The molecule has 1 aromatic carbocycles. The number of nitrogens with two attached hydrogens (primary N) is 1. The minimum atomic E-state index is -0.177. The van der Waals surface area contributed by atoms with Gasteiger partial charge in [-0.3, -0.25) is 0 Å². The maximum Gasteiger partial charge on any atom is 0.110 e. The highest BCUT2D eigenvalue weighted by Crippen LogP contribution is 2.28. The zero-order valence-electron chi connectivity index (χ0n) is 12.1. The molecular formula is C15H22ClN3. The Kier molecular flexibility index (Phi) is 3.88. The number of aromatic nitrogens is 2. The number of hydrogen-bond donors (Lipinski definition) is 1. The van der Waals surface area contributed by atoms with E-state index in [-0.39, 0.29) is 5.54 Å². The largest absolute Gasteiger partial charge is 0.326 e. The highest BCUT2D eigenvalue weighted by molar-refractivity contribution is 6.35. The van der Waals surface area contributed by atoms with Crippen molar-refractivity contribution in [3.05, 3.63) is 29.0 Å². The number of aryl methyl sites for hydroxylation is 1. The van der Waals surface area contributed by atoms with Crippen molar-refractivity contribution in [1.82, 2.24) is 9.55 Å². The van der Waals surface area contributed by atoms with Crippen LogP contribution < -0.4 is 5.73 Å². The van der Waals surface area contributed by atoms with Gasteiger partial charge in [0.05, 0.1) is 16.1 Å². The summed E-state index contributed by atoms with van der Waals surface area (Å²) in [5, 5.41) is 0.761. The minimum Gasteiger partial charge on any atom is -0.326 e. The van der Waals surface area contributed by atoms with Crippen molar-refractivity contribution in [2.24, 2.45) is 5.73 Å². The van der Waals surface area contributed by atoms with Gasteiger partial charge in [-0.15, -0.1) is 0 Å². The van der Waals surface area contributed by atoms with E-state index in [4.69, 9.17) is 22.3 Å². The van der Waals surface area contributed by atoms with Crippen LogP contribution in [0.2, 0.25) is 5.02 Å². The lowest BCUT2D eigenvalue weighted by molar-refractivity contribution is 0.459. The Labute approximate surface area is 119 Å². The molecule has 3 nitrogen and oxygen atoms in total. The summed E-state index contributed by atoms with van der Waals surface area (Å²) in [6.45, 7) is 8.40. The molecule has 2 N–H and O–H groups in total. The van der Waals surface area contributed by atoms with Crippen molar-refractivity contribution < 1.29 is 0 Å². The van der Waals surface area contributed by atoms with Crippen molar-refractivity contribution >= 4 is 22.6 Å². The lowest BCUT2D eigenvalue weighted by Crippen LogP contribution is -2.32. The van der Waals surface area contributed by atoms with Gasteiger partial charge in [0.25, 0.3) is 0 Å². The number of hydrogen-bond acceptors (Lipinski definition) is 2. The number of halogens is 1. The maximum atomic E-state index is 6.32. The summed E-state index contributed by atoms with van der Waals surface area (Å²) in [6.07, 6.45) is 1.77. The predicted molar refractivity (Wildman–Crippen MR) is 81.7 cm³/mol. The van der Waals surface area contributed by atoms with Crippen molar-refractivity contribution in [2.45, 2.75) is 52.1 Å². The first-order valence-electron chi connectivity index (χ1n) is 6.74. The summed E-state index contributed by atoms with van der Waals surface area (Å²) in [6, 6.07) is 6.21. The van der Waals surface area contributed by atoms with Crippen LogP contribution in [0.3, 0.4) is 0 Å². The Hall–Kier alpha value is -1.06. The summed E-state index contributed by atoms with van der Waals surface area (Å²) in [4.78, 5) is 4.72. The molecular weight excluding hydrogens is 258 g/mol. The van der Waals surface area contributed by atoms with Crippen LogP contribution in [0.5, 0.6) is 0 Å². The van der Waals surface area contributed by atoms with Gasteiger partial charge in [-0.05, 0) is 46.2 Å². The van der Waals surface area contributed by atoms with Crippen LogP contribution in [-0.2, 0) is 6.42 Å². The molecule has 0 aliphatic rings. The second-order valence-electron chi connectivity index (χ2n) is 6.09. The molecule has 2 rings (SSSR count). The van der Waals surface area contributed by atoms with E-state index in [1.807, 2.05) is 32.0 Å². The first-order chi connectivity index (χ1) is 8.79. The minimum absolute atomic E-state index is 0.177. The van der Waals surface area contributed by atoms with Crippen LogP contribution >= 0.6 is 11.6 Å². The molecule has 104 valence electrons. The fourth-order valence-electron chi connectivity index (χ4n) is 2.32. The Morgan fingerprint density at radius 1 is 1.37 bits per heavy atom. The average molecular weight is 280 g/mol. The number of rotatable bonds is 4. The van der Waals surface area contributed by atoms with Gasteiger partial charge in [0.15, 0.2) is 0 Å². The topological polar surface area (TPSA) is 43.8 Å². The molecule has 2 aromatic rings. The molecule has 0 fully saturated rings. The van der Waals surface area contributed by atoms with Crippen molar-refractivity contribution in [3.63, 3.8) is 0 Å². The second kappa shape index (κ2) is 5.14. The summed E-state index contributed by atoms with van der Waals surface area (Å²) in [5.41, 5.74) is 7.89. The van der Waals surface area contributed by atoms with Gasteiger partial charge in [-0.1, -0.05) is 17.7 Å². The number of fused-ring (bicyclic) bond motifs is 1. The van der Waals surface area contributed by atoms with E-state index in [2.05, 4.69) is 18.4 Å². The molecule has 0 unspecified atom stereocenters. The van der Waals surface area contributed by atoms with Crippen LogP contribution in [0, 0.1) is 0 Å². The van der Waals surface area contributed by atoms with Gasteiger partial charge >= 0.3 is 0 Å². The normalized spacial score (nSPS) is 12.6. The zero-order valence-corrected chi connectivity index (χ0v) is 12.8. The molecule has 4 heteroatoms. The first kappa shape index (κ1) is 14.4. The van der Waals surface area contributed by atoms with Gasteiger partial charge in [-0.25, -0.2) is 4.98 Å². The van der Waals surface area contributed by atoms with E-state index in [0.717, 1.165) is 34.7 Å². The Morgan fingerprint density at radius 3 is 2.63 bits per heavy atom. The molecule has 0 spiro atoms. The van der Waals surface area contributed by atoms with Crippen molar-refractivity contribution in [2.75, 3.05) is 0 Å². The average Bonchev–Trinajstić information content (AvgIpc) is 2.65. The molecule has 0 atom stereocenters. The first-order valence-corrected chi connectivity index (χ1v) is 7.11. The van der Waals surface area contributed by atoms with Gasteiger partial charge in [0.2, 0.25) is 0 Å². The molecule has 0 radical (unpaired) electrons. The monoisotopic (exact) mass is 279 g/mol.